The van der Waals surface area contributed by atoms with Crippen molar-refractivity contribution in [1.29, 1.82) is 0 Å². The molecule has 68 valence electrons. The van der Waals surface area contributed by atoms with Gasteiger partial charge in [0.05, 0.1) is 0 Å². The van der Waals surface area contributed by atoms with E-state index in [1.54, 1.807) is 0 Å². The van der Waals surface area contributed by atoms with Crippen LogP contribution in [0.3, 0.4) is 0 Å². The minimum Gasteiger partial charge on any atom is -0.377 e. The van der Waals surface area contributed by atoms with Crippen LogP contribution in [0.1, 0.15) is 19.3 Å². The lowest BCUT2D eigenvalue weighted by atomic mass is 9.98. The Hall–Kier alpha value is -0.640. The molecule has 0 saturated carbocycles. The highest BCUT2D eigenvalue weighted by atomic mass is 16.3. The second kappa shape index (κ2) is 4.40. The maximum absolute atomic E-state index is 8.96. The molecule has 0 radical (unpaired) electrons. The molecular weight excluding hydrogens is 152 g/mol. The second-order valence-corrected chi connectivity index (χ2v) is 3.15. The van der Waals surface area contributed by atoms with E-state index >= 15 is 0 Å². The number of allylic oxidation sites excluding steroid dienone is 3. The van der Waals surface area contributed by atoms with Gasteiger partial charge in [-0.15, -0.1) is 0 Å². The summed E-state index contributed by atoms with van der Waals surface area (Å²) in [6.45, 7) is 0. The summed E-state index contributed by atoms with van der Waals surface area (Å²) < 4.78 is 0. The average Bonchev–Trinajstić information content (AvgIpc) is 2.06. The van der Waals surface area contributed by atoms with E-state index in [4.69, 9.17) is 16.6 Å². The van der Waals surface area contributed by atoms with Gasteiger partial charge >= 0.3 is 0 Å². The van der Waals surface area contributed by atoms with Gasteiger partial charge in [-0.1, -0.05) is 23.8 Å². The Labute approximate surface area is 72.7 Å². The summed E-state index contributed by atoms with van der Waals surface area (Å²) in [4.78, 5) is 0. The highest BCUT2D eigenvalue weighted by Crippen LogP contribution is 2.16. The van der Waals surface area contributed by atoms with Gasteiger partial charge in [-0.2, -0.15) is 0 Å². The Morgan fingerprint density at radius 2 is 2.25 bits per heavy atom. The Balaban J connectivity index is 2.39. The largest absolute Gasteiger partial charge is 0.377 e. The number of rotatable bonds is 3. The van der Waals surface area contributed by atoms with Crippen molar-refractivity contribution in [3.63, 3.8) is 0 Å². The Morgan fingerprint density at radius 3 is 2.75 bits per heavy atom. The molecule has 0 heterocycles. The van der Waals surface area contributed by atoms with E-state index in [-0.39, 0.29) is 6.04 Å². The third-order valence-electron chi connectivity index (χ3n) is 2.04. The molecule has 0 amide bonds. The van der Waals surface area contributed by atoms with E-state index in [0.717, 1.165) is 12.8 Å². The first-order chi connectivity index (χ1) is 5.70. The first-order valence-electron chi connectivity index (χ1n) is 4.24. The summed E-state index contributed by atoms with van der Waals surface area (Å²) in [7, 11) is 0. The minimum atomic E-state index is -0.906. The van der Waals surface area contributed by atoms with Gasteiger partial charge in [-0.05, 0) is 19.3 Å². The summed E-state index contributed by atoms with van der Waals surface area (Å²) in [5.41, 5.74) is 12.1. The SMILES string of the molecule is N[C@H](O)[C@H](N)CC1=CC=CCC1. The van der Waals surface area contributed by atoms with Gasteiger partial charge in [0, 0.05) is 6.04 Å². The maximum Gasteiger partial charge on any atom is 0.118 e. The zero-order chi connectivity index (χ0) is 8.97. The Morgan fingerprint density at radius 1 is 1.50 bits per heavy atom. The van der Waals surface area contributed by atoms with Gasteiger partial charge < -0.3 is 16.6 Å². The molecule has 0 aromatic rings. The van der Waals surface area contributed by atoms with Crippen LogP contribution in [0, 0.1) is 0 Å². The smallest absolute Gasteiger partial charge is 0.118 e. The number of aliphatic hydroxyl groups is 1. The van der Waals surface area contributed by atoms with Crippen molar-refractivity contribution >= 4 is 0 Å². The normalized spacial score (nSPS) is 21.8. The summed E-state index contributed by atoms with van der Waals surface area (Å²) in [5.74, 6) is 0. The van der Waals surface area contributed by atoms with Crippen molar-refractivity contribution < 1.29 is 5.11 Å². The van der Waals surface area contributed by atoms with Gasteiger partial charge in [0.2, 0.25) is 0 Å². The Kier molecular flexibility index (Phi) is 3.47. The number of nitrogens with two attached hydrogens (primary N) is 2. The molecule has 0 spiro atoms. The first kappa shape index (κ1) is 9.45. The number of aliphatic hydroxyl groups excluding tert-OH is 1. The van der Waals surface area contributed by atoms with Crippen molar-refractivity contribution in [1.82, 2.24) is 0 Å². The second-order valence-electron chi connectivity index (χ2n) is 3.15. The van der Waals surface area contributed by atoms with Gasteiger partial charge in [0.25, 0.3) is 0 Å². The lowest BCUT2D eigenvalue weighted by Gasteiger charge is -2.17. The van der Waals surface area contributed by atoms with E-state index in [1.807, 2.05) is 12.2 Å². The molecule has 0 aliphatic heterocycles. The van der Waals surface area contributed by atoms with Crippen molar-refractivity contribution in [2.45, 2.75) is 31.5 Å². The molecule has 0 bridgehead atoms. The van der Waals surface area contributed by atoms with Crippen LogP contribution < -0.4 is 11.5 Å². The minimum absolute atomic E-state index is 0.331. The molecule has 0 saturated heterocycles. The first-order valence-corrected chi connectivity index (χ1v) is 4.24. The van der Waals surface area contributed by atoms with Crippen molar-refractivity contribution in [2.75, 3.05) is 0 Å². The van der Waals surface area contributed by atoms with E-state index in [1.165, 1.54) is 5.57 Å². The van der Waals surface area contributed by atoms with Crippen molar-refractivity contribution in [3.8, 4) is 0 Å². The Bertz CT molecular complexity index is 197. The van der Waals surface area contributed by atoms with E-state index < -0.39 is 6.23 Å². The van der Waals surface area contributed by atoms with Crippen LogP contribution in [0.2, 0.25) is 0 Å². The topological polar surface area (TPSA) is 72.3 Å². The van der Waals surface area contributed by atoms with Crippen molar-refractivity contribution in [2.24, 2.45) is 11.5 Å². The van der Waals surface area contributed by atoms with Gasteiger partial charge in [-0.25, -0.2) is 0 Å². The third kappa shape index (κ3) is 2.77. The zero-order valence-corrected chi connectivity index (χ0v) is 7.11. The standard InChI is InChI=1S/C9H16N2O/c10-8(9(11)12)6-7-4-2-1-3-5-7/h1-2,4,8-9,12H,3,5-6,10-11H2/t8-,9-/m1/s1. The molecule has 0 fully saturated rings. The molecule has 0 aromatic carbocycles. The molecule has 0 unspecified atom stereocenters. The molecule has 1 rings (SSSR count). The summed E-state index contributed by atoms with van der Waals surface area (Å²) in [6.07, 6.45) is 8.09. The van der Waals surface area contributed by atoms with E-state index in [0.29, 0.717) is 6.42 Å². The van der Waals surface area contributed by atoms with Crippen LogP contribution in [0.15, 0.2) is 23.8 Å². The van der Waals surface area contributed by atoms with Crippen LogP contribution in [0.4, 0.5) is 0 Å². The van der Waals surface area contributed by atoms with Crippen LogP contribution in [-0.4, -0.2) is 17.4 Å². The molecule has 12 heavy (non-hydrogen) atoms. The number of hydrogen-bond donors (Lipinski definition) is 3. The molecule has 1 aliphatic rings. The predicted molar refractivity (Wildman–Crippen MR) is 49.2 cm³/mol. The van der Waals surface area contributed by atoms with Gasteiger partial charge in [0.1, 0.15) is 6.23 Å². The summed E-state index contributed by atoms with van der Waals surface area (Å²) in [5, 5.41) is 8.96. The molecular formula is C9H16N2O. The molecule has 2 atom stereocenters. The molecule has 3 heteroatoms. The molecule has 0 aromatic heterocycles. The molecule has 1 aliphatic carbocycles. The quantitative estimate of drug-likeness (QED) is 0.529. The van der Waals surface area contributed by atoms with Gasteiger partial charge in [0.15, 0.2) is 0 Å². The fourth-order valence-electron chi connectivity index (χ4n) is 1.25. The fourth-order valence-corrected chi connectivity index (χ4v) is 1.25. The molecule has 5 N–H and O–H groups in total. The fraction of sp³-hybridized carbons (Fsp3) is 0.556. The lowest BCUT2D eigenvalue weighted by molar-refractivity contribution is 0.151. The lowest BCUT2D eigenvalue weighted by Crippen LogP contribution is -2.41. The summed E-state index contributed by atoms with van der Waals surface area (Å²) >= 11 is 0. The zero-order valence-electron chi connectivity index (χ0n) is 7.11. The molecule has 3 nitrogen and oxygen atoms in total. The van der Waals surface area contributed by atoms with E-state index in [2.05, 4.69) is 6.08 Å². The average molecular weight is 168 g/mol. The van der Waals surface area contributed by atoms with E-state index in [9.17, 15) is 0 Å². The van der Waals surface area contributed by atoms with Crippen LogP contribution in [0.25, 0.3) is 0 Å². The van der Waals surface area contributed by atoms with Gasteiger partial charge in [-0.3, -0.25) is 0 Å². The summed E-state index contributed by atoms with van der Waals surface area (Å²) in [6, 6.07) is -0.331. The van der Waals surface area contributed by atoms with Crippen LogP contribution in [0.5, 0.6) is 0 Å². The van der Waals surface area contributed by atoms with Crippen molar-refractivity contribution in [3.05, 3.63) is 23.8 Å². The maximum atomic E-state index is 8.96. The third-order valence-corrected chi connectivity index (χ3v) is 2.04. The highest BCUT2D eigenvalue weighted by molar-refractivity contribution is 5.18. The predicted octanol–water partition coefficient (Wildman–Crippen LogP) is 0.257. The number of hydrogen-bond acceptors (Lipinski definition) is 3. The highest BCUT2D eigenvalue weighted by Gasteiger charge is 2.11. The van der Waals surface area contributed by atoms with Crippen LogP contribution >= 0.6 is 0 Å². The monoisotopic (exact) mass is 168 g/mol. The van der Waals surface area contributed by atoms with Crippen LogP contribution in [-0.2, 0) is 0 Å².